The molecule has 1 aromatic carbocycles. The molecule has 0 atom stereocenters. The van der Waals surface area contributed by atoms with Crippen LogP contribution in [0.1, 0.15) is 40.5 Å². The average Bonchev–Trinajstić information content (AvgIpc) is 3.13. The van der Waals surface area contributed by atoms with Gasteiger partial charge in [-0.2, -0.15) is 0 Å². The fourth-order valence-electron chi connectivity index (χ4n) is 3.08. The highest BCUT2D eigenvalue weighted by Gasteiger charge is 2.25. The second-order valence-electron chi connectivity index (χ2n) is 5.80. The standard InChI is InChI=1S/C18H19N3O3/c22-17(6-5-16-19-9-10-20-16)21-11-7-13(8-12-21)14-3-1-2-4-15(14)18(23)24/h1-6,9-10,13H,7-8,11-12H2,(H,19,20)(H,23,24). The van der Waals surface area contributed by atoms with E-state index >= 15 is 0 Å². The van der Waals surface area contributed by atoms with E-state index in [1.807, 2.05) is 12.1 Å². The van der Waals surface area contributed by atoms with Crippen LogP contribution >= 0.6 is 0 Å². The van der Waals surface area contributed by atoms with Gasteiger partial charge in [0.15, 0.2) is 0 Å². The van der Waals surface area contributed by atoms with Gasteiger partial charge in [0.1, 0.15) is 5.82 Å². The molecule has 1 saturated heterocycles. The summed E-state index contributed by atoms with van der Waals surface area (Å²) in [6, 6.07) is 7.13. The van der Waals surface area contributed by atoms with Crippen molar-refractivity contribution in [2.24, 2.45) is 0 Å². The van der Waals surface area contributed by atoms with E-state index in [1.165, 1.54) is 6.08 Å². The molecule has 3 rings (SSSR count). The third-order valence-electron chi connectivity index (χ3n) is 4.34. The number of hydrogen-bond acceptors (Lipinski definition) is 3. The Hall–Kier alpha value is -2.89. The number of piperidine rings is 1. The highest BCUT2D eigenvalue weighted by molar-refractivity contribution is 5.91. The minimum atomic E-state index is -0.898. The Balaban J connectivity index is 1.62. The number of H-pyrrole nitrogens is 1. The van der Waals surface area contributed by atoms with Crippen molar-refractivity contribution in [1.82, 2.24) is 14.9 Å². The number of benzene rings is 1. The highest BCUT2D eigenvalue weighted by atomic mass is 16.4. The smallest absolute Gasteiger partial charge is 0.335 e. The Labute approximate surface area is 139 Å². The molecule has 1 aliphatic rings. The summed E-state index contributed by atoms with van der Waals surface area (Å²) in [7, 11) is 0. The van der Waals surface area contributed by atoms with Crippen LogP contribution in [0.4, 0.5) is 0 Å². The number of hydrogen-bond donors (Lipinski definition) is 2. The van der Waals surface area contributed by atoms with Gasteiger partial charge in [-0.25, -0.2) is 9.78 Å². The molecule has 6 nitrogen and oxygen atoms in total. The van der Waals surface area contributed by atoms with Gasteiger partial charge in [-0.05, 0) is 36.5 Å². The Morgan fingerprint density at radius 3 is 2.67 bits per heavy atom. The summed E-state index contributed by atoms with van der Waals surface area (Å²) in [5.74, 6) is -0.120. The van der Waals surface area contributed by atoms with Gasteiger partial charge >= 0.3 is 5.97 Å². The van der Waals surface area contributed by atoms with Gasteiger partial charge in [-0.3, -0.25) is 4.79 Å². The molecule has 1 aromatic heterocycles. The quantitative estimate of drug-likeness (QED) is 0.846. The Bertz CT molecular complexity index is 745. The number of imidazole rings is 1. The molecule has 0 aliphatic carbocycles. The third kappa shape index (κ3) is 3.53. The molecule has 1 fully saturated rings. The Morgan fingerprint density at radius 2 is 2.00 bits per heavy atom. The second-order valence-corrected chi connectivity index (χ2v) is 5.80. The third-order valence-corrected chi connectivity index (χ3v) is 4.34. The summed E-state index contributed by atoms with van der Waals surface area (Å²) in [6.45, 7) is 1.25. The van der Waals surface area contributed by atoms with Crippen LogP contribution in [-0.4, -0.2) is 44.9 Å². The van der Waals surface area contributed by atoms with Crippen molar-refractivity contribution in [2.75, 3.05) is 13.1 Å². The monoisotopic (exact) mass is 325 g/mol. The minimum absolute atomic E-state index is 0.0450. The van der Waals surface area contributed by atoms with E-state index in [0.29, 0.717) is 24.5 Å². The fraction of sp³-hybridized carbons (Fsp3) is 0.278. The van der Waals surface area contributed by atoms with Gasteiger partial charge in [-0.1, -0.05) is 18.2 Å². The molecule has 24 heavy (non-hydrogen) atoms. The molecule has 2 aromatic rings. The number of rotatable bonds is 4. The number of aromatic carboxylic acids is 1. The van der Waals surface area contributed by atoms with Crippen molar-refractivity contribution >= 4 is 18.0 Å². The predicted molar refractivity (Wildman–Crippen MR) is 89.6 cm³/mol. The first-order chi connectivity index (χ1) is 11.6. The number of nitrogens with one attached hydrogen (secondary N) is 1. The molecule has 0 radical (unpaired) electrons. The molecular formula is C18H19N3O3. The normalized spacial score (nSPS) is 15.8. The largest absolute Gasteiger partial charge is 0.478 e. The SMILES string of the molecule is O=C(O)c1ccccc1C1CCN(C(=O)C=Cc2ncc[nH]2)CC1. The maximum atomic E-state index is 12.2. The lowest BCUT2D eigenvalue weighted by atomic mass is 9.86. The molecule has 6 heteroatoms. The topological polar surface area (TPSA) is 86.3 Å². The Kier molecular flexibility index (Phi) is 4.74. The first kappa shape index (κ1) is 16.0. The van der Waals surface area contributed by atoms with Crippen LogP contribution in [0.25, 0.3) is 6.08 Å². The lowest BCUT2D eigenvalue weighted by Gasteiger charge is -2.32. The average molecular weight is 325 g/mol. The molecule has 0 bridgehead atoms. The summed E-state index contributed by atoms with van der Waals surface area (Å²) in [6.07, 6.45) is 8.05. The van der Waals surface area contributed by atoms with E-state index in [2.05, 4.69) is 9.97 Å². The number of carbonyl (C=O) groups excluding carboxylic acids is 1. The number of carboxylic acid groups (broad SMARTS) is 1. The fourth-order valence-corrected chi connectivity index (χ4v) is 3.08. The highest BCUT2D eigenvalue weighted by Crippen LogP contribution is 2.30. The lowest BCUT2D eigenvalue weighted by molar-refractivity contribution is -0.126. The lowest BCUT2D eigenvalue weighted by Crippen LogP contribution is -2.37. The van der Waals surface area contributed by atoms with Crippen LogP contribution in [-0.2, 0) is 4.79 Å². The summed E-state index contributed by atoms with van der Waals surface area (Å²) in [5.41, 5.74) is 1.23. The first-order valence-electron chi connectivity index (χ1n) is 7.93. The number of carboxylic acids is 1. The molecule has 0 spiro atoms. The second kappa shape index (κ2) is 7.12. The van der Waals surface area contributed by atoms with Crippen molar-refractivity contribution in [1.29, 1.82) is 0 Å². The van der Waals surface area contributed by atoms with Crippen molar-refractivity contribution < 1.29 is 14.7 Å². The van der Waals surface area contributed by atoms with Crippen molar-refractivity contribution in [3.05, 3.63) is 59.7 Å². The number of aromatic nitrogens is 2. The van der Waals surface area contributed by atoms with Crippen molar-refractivity contribution in [3.8, 4) is 0 Å². The van der Waals surface area contributed by atoms with E-state index in [1.54, 1.807) is 35.5 Å². The first-order valence-corrected chi connectivity index (χ1v) is 7.93. The van der Waals surface area contributed by atoms with E-state index in [-0.39, 0.29) is 11.8 Å². The van der Waals surface area contributed by atoms with E-state index in [9.17, 15) is 14.7 Å². The number of likely N-dealkylation sites (tertiary alicyclic amines) is 1. The van der Waals surface area contributed by atoms with Crippen molar-refractivity contribution in [2.45, 2.75) is 18.8 Å². The zero-order valence-corrected chi connectivity index (χ0v) is 13.2. The summed E-state index contributed by atoms with van der Waals surface area (Å²) in [4.78, 5) is 32.3. The molecule has 1 aliphatic heterocycles. The van der Waals surface area contributed by atoms with Crippen molar-refractivity contribution in [3.63, 3.8) is 0 Å². The van der Waals surface area contributed by atoms with Crippen LogP contribution in [0, 0.1) is 0 Å². The van der Waals surface area contributed by atoms with Gasteiger partial charge in [0.25, 0.3) is 0 Å². The maximum absolute atomic E-state index is 12.2. The molecule has 124 valence electrons. The van der Waals surface area contributed by atoms with E-state index < -0.39 is 5.97 Å². The van der Waals surface area contributed by atoms with Crippen LogP contribution in [0.3, 0.4) is 0 Å². The summed E-state index contributed by atoms with van der Waals surface area (Å²) < 4.78 is 0. The zero-order chi connectivity index (χ0) is 16.9. The number of aromatic amines is 1. The zero-order valence-electron chi connectivity index (χ0n) is 13.2. The van der Waals surface area contributed by atoms with Gasteiger partial charge in [-0.15, -0.1) is 0 Å². The molecule has 0 saturated carbocycles. The van der Waals surface area contributed by atoms with E-state index in [4.69, 9.17) is 0 Å². The molecule has 2 N–H and O–H groups in total. The molecule has 0 unspecified atom stereocenters. The number of carbonyl (C=O) groups is 2. The van der Waals surface area contributed by atoms with Gasteiger partial charge < -0.3 is 15.0 Å². The molecule has 2 heterocycles. The number of amides is 1. The van der Waals surface area contributed by atoms with Gasteiger partial charge in [0.05, 0.1) is 5.56 Å². The maximum Gasteiger partial charge on any atom is 0.335 e. The van der Waals surface area contributed by atoms with Crippen LogP contribution in [0.15, 0.2) is 42.7 Å². The van der Waals surface area contributed by atoms with E-state index in [0.717, 1.165) is 18.4 Å². The Morgan fingerprint density at radius 1 is 1.25 bits per heavy atom. The molecular weight excluding hydrogens is 306 g/mol. The summed E-state index contributed by atoms with van der Waals surface area (Å²) >= 11 is 0. The van der Waals surface area contributed by atoms with Gasteiger partial charge in [0, 0.05) is 31.6 Å². The number of nitrogens with zero attached hydrogens (tertiary/aromatic N) is 2. The summed E-state index contributed by atoms with van der Waals surface area (Å²) in [5, 5.41) is 9.31. The predicted octanol–water partition coefficient (Wildman–Crippen LogP) is 2.53. The van der Waals surface area contributed by atoms with Crippen LogP contribution < -0.4 is 0 Å². The molecule has 1 amide bonds. The van der Waals surface area contributed by atoms with Gasteiger partial charge in [0.2, 0.25) is 5.91 Å². The minimum Gasteiger partial charge on any atom is -0.478 e. The van der Waals surface area contributed by atoms with Crippen LogP contribution in [0.5, 0.6) is 0 Å². The van der Waals surface area contributed by atoms with Crippen LogP contribution in [0.2, 0.25) is 0 Å².